The first-order valence-corrected chi connectivity index (χ1v) is 8.21. The molecule has 0 saturated heterocycles. The topological polar surface area (TPSA) is 88.7 Å². The summed E-state index contributed by atoms with van der Waals surface area (Å²) in [5.74, 6) is 0.963. The van der Waals surface area contributed by atoms with E-state index in [1.54, 1.807) is 63.6 Å². The second-order valence-corrected chi connectivity index (χ2v) is 5.45. The number of anilines is 3. The molecule has 7 nitrogen and oxygen atoms in total. The van der Waals surface area contributed by atoms with Crippen LogP contribution in [0.25, 0.3) is 0 Å². The molecular weight excluding hydrogens is 334 g/mol. The van der Waals surface area contributed by atoms with E-state index in [1.807, 2.05) is 0 Å². The molecular formula is C19H23N3O4. The zero-order chi connectivity index (χ0) is 18.9. The van der Waals surface area contributed by atoms with Crippen LogP contribution < -0.4 is 25.4 Å². The Bertz CT molecular complexity index is 777. The minimum absolute atomic E-state index is 0.0507. The highest BCUT2D eigenvalue weighted by molar-refractivity contribution is 5.95. The Morgan fingerprint density at radius 2 is 1.62 bits per heavy atom. The van der Waals surface area contributed by atoms with Crippen LogP contribution in [0, 0.1) is 0 Å². The number of ether oxygens (including phenoxy) is 2. The van der Waals surface area contributed by atoms with Gasteiger partial charge in [0.2, 0.25) is 11.8 Å². The molecule has 2 amide bonds. The van der Waals surface area contributed by atoms with Gasteiger partial charge in [0.1, 0.15) is 11.5 Å². The van der Waals surface area contributed by atoms with E-state index >= 15 is 0 Å². The van der Waals surface area contributed by atoms with Crippen molar-refractivity contribution in [2.24, 2.45) is 0 Å². The van der Waals surface area contributed by atoms with Crippen molar-refractivity contribution in [2.45, 2.75) is 13.3 Å². The van der Waals surface area contributed by atoms with E-state index in [0.717, 1.165) is 0 Å². The maximum Gasteiger partial charge on any atom is 0.243 e. The third-order valence-corrected chi connectivity index (χ3v) is 3.60. The van der Waals surface area contributed by atoms with Crippen molar-refractivity contribution in [1.82, 2.24) is 0 Å². The summed E-state index contributed by atoms with van der Waals surface area (Å²) in [4.78, 5) is 23.7. The lowest BCUT2D eigenvalue weighted by Gasteiger charge is -2.13. The molecule has 2 rings (SSSR count). The number of carbonyl (C=O) groups is 2. The van der Waals surface area contributed by atoms with E-state index in [1.165, 1.54) is 0 Å². The molecule has 0 spiro atoms. The van der Waals surface area contributed by atoms with Crippen molar-refractivity contribution in [3.8, 4) is 11.5 Å². The summed E-state index contributed by atoms with van der Waals surface area (Å²) < 4.78 is 10.4. The second kappa shape index (κ2) is 9.31. The second-order valence-electron chi connectivity index (χ2n) is 5.45. The van der Waals surface area contributed by atoms with Crippen LogP contribution in [0.4, 0.5) is 17.1 Å². The molecule has 0 aliphatic rings. The largest absolute Gasteiger partial charge is 0.497 e. The van der Waals surface area contributed by atoms with Gasteiger partial charge in [-0.2, -0.15) is 0 Å². The van der Waals surface area contributed by atoms with Gasteiger partial charge in [-0.1, -0.05) is 13.0 Å². The molecule has 0 atom stereocenters. The predicted octanol–water partition coefficient (Wildman–Crippen LogP) is 3.10. The highest BCUT2D eigenvalue weighted by Crippen LogP contribution is 2.28. The van der Waals surface area contributed by atoms with E-state index in [0.29, 0.717) is 35.0 Å². The minimum atomic E-state index is -0.228. The van der Waals surface area contributed by atoms with Gasteiger partial charge in [-0.05, 0) is 30.3 Å². The van der Waals surface area contributed by atoms with Gasteiger partial charge >= 0.3 is 0 Å². The fourth-order valence-corrected chi connectivity index (χ4v) is 2.26. The Hall–Kier alpha value is -3.22. The van der Waals surface area contributed by atoms with Gasteiger partial charge in [0.15, 0.2) is 0 Å². The molecule has 0 aromatic heterocycles. The summed E-state index contributed by atoms with van der Waals surface area (Å²) in [5.41, 5.74) is 1.89. The van der Waals surface area contributed by atoms with Crippen molar-refractivity contribution in [1.29, 1.82) is 0 Å². The number of rotatable bonds is 8. The molecule has 138 valence electrons. The Morgan fingerprint density at radius 1 is 0.923 bits per heavy atom. The Labute approximate surface area is 152 Å². The first kappa shape index (κ1) is 19.1. The molecule has 0 radical (unpaired) electrons. The SMILES string of the molecule is CCC(=O)Nc1cccc(NC(=O)CNc2cc(OC)ccc2OC)c1. The van der Waals surface area contributed by atoms with E-state index < -0.39 is 0 Å². The first-order chi connectivity index (χ1) is 12.5. The molecule has 3 N–H and O–H groups in total. The minimum Gasteiger partial charge on any atom is -0.497 e. The number of methoxy groups -OCH3 is 2. The smallest absolute Gasteiger partial charge is 0.243 e. The van der Waals surface area contributed by atoms with Crippen LogP contribution in [0.2, 0.25) is 0 Å². The third-order valence-electron chi connectivity index (χ3n) is 3.60. The molecule has 2 aromatic rings. The van der Waals surface area contributed by atoms with Crippen LogP contribution in [0.3, 0.4) is 0 Å². The van der Waals surface area contributed by atoms with Gasteiger partial charge in [-0.15, -0.1) is 0 Å². The monoisotopic (exact) mass is 357 g/mol. The Kier molecular flexibility index (Phi) is 6.84. The maximum absolute atomic E-state index is 12.2. The Balaban J connectivity index is 1.97. The molecule has 0 fully saturated rings. The van der Waals surface area contributed by atoms with Crippen molar-refractivity contribution >= 4 is 28.9 Å². The molecule has 0 bridgehead atoms. The number of hydrogen-bond donors (Lipinski definition) is 3. The van der Waals surface area contributed by atoms with Crippen LogP contribution in [-0.4, -0.2) is 32.6 Å². The zero-order valence-electron chi connectivity index (χ0n) is 15.1. The average Bonchev–Trinajstić information content (AvgIpc) is 2.66. The van der Waals surface area contributed by atoms with E-state index in [4.69, 9.17) is 9.47 Å². The van der Waals surface area contributed by atoms with Crippen LogP contribution in [0.15, 0.2) is 42.5 Å². The van der Waals surface area contributed by atoms with Crippen LogP contribution in [0.5, 0.6) is 11.5 Å². The summed E-state index contributed by atoms with van der Waals surface area (Å²) >= 11 is 0. The fourth-order valence-electron chi connectivity index (χ4n) is 2.26. The van der Waals surface area contributed by atoms with Gasteiger partial charge in [0.05, 0.1) is 26.5 Å². The highest BCUT2D eigenvalue weighted by atomic mass is 16.5. The molecule has 0 unspecified atom stereocenters. The van der Waals surface area contributed by atoms with Crippen molar-refractivity contribution in [3.05, 3.63) is 42.5 Å². The van der Waals surface area contributed by atoms with Crippen molar-refractivity contribution in [2.75, 3.05) is 36.7 Å². The van der Waals surface area contributed by atoms with Gasteiger partial charge < -0.3 is 25.4 Å². The molecule has 0 aliphatic carbocycles. The fraction of sp³-hybridized carbons (Fsp3) is 0.263. The van der Waals surface area contributed by atoms with E-state index in [2.05, 4.69) is 16.0 Å². The molecule has 0 heterocycles. The lowest BCUT2D eigenvalue weighted by molar-refractivity contribution is -0.116. The molecule has 0 saturated carbocycles. The zero-order valence-corrected chi connectivity index (χ0v) is 15.1. The van der Waals surface area contributed by atoms with Gasteiger partial charge in [-0.25, -0.2) is 0 Å². The van der Waals surface area contributed by atoms with Crippen LogP contribution in [0.1, 0.15) is 13.3 Å². The van der Waals surface area contributed by atoms with Gasteiger partial charge in [0, 0.05) is 23.9 Å². The lowest BCUT2D eigenvalue weighted by atomic mass is 10.2. The van der Waals surface area contributed by atoms with Gasteiger partial charge in [-0.3, -0.25) is 9.59 Å². The predicted molar refractivity (Wildman–Crippen MR) is 102 cm³/mol. The van der Waals surface area contributed by atoms with Crippen molar-refractivity contribution in [3.63, 3.8) is 0 Å². The average molecular weight is 357 g/mol. The summed E-state index contributed by atoms with van der Waals surface area (Å²) in [6.45, 7) is 1.83. The normalized spacial score (nSPS) is 9.96. The maximum atomic E-state index is 12.2. The van der Waals surface area contributed by atoms with E-state index in [-0.39, 0.29) is 18.4 Å². The summed E-state index contributed by atoms with van der Waals surface area (Å²) in [6.07, 6.45) is 0.392. The summed E-state index contributed by atoms with van der Waals surface area (Å²) in [7, 11) is 3.13. The van der Waals surface area contributed by atoms with E-state index in [9.17, 15) is 9.59 Å². The number of carbonyl (C=O) groups excluding carboxylic acids is 2. The molecule has 0 aliphatic heterocycles. The lowest BCUT2D eigenvalue weighted by Crippen LogP contribution is -2.22. The third kappa shape index (κ3) is 5.41. The highest BCUT2D eigenvalue weighted by Gasteiger charge is 2.08. The number of hydrogen-bond acceptors (Lipinski definition) is 5. The van der Waals surface area contributed by atoms with Gasteiger partial charge in [0.25, 0.3) is 0 Å². The molecule has 7 heteroatoms. The standard InChI is InChI=1S/C19H23N3O4/c1-4-18(23)21-13-6-5-7-14(10-13)22-19(24)12-20-16-11-15(25-2)8-9-17(16)26-3/h5-11,20H,4,12H2,1-3H3,(H,21,23)(H,22,24). The summed E-state index contributed by atoms with van der Waals surface area (Å²) in [6, 6.07) is 12.3. The molecule has 26 heavy (non-hydrogen) atoms. The number of nitrogens with one attached hydrogen (secondary N) is 3. The molecule has 2 aromatic carbocycles. The van der Waals surface area contributed by atoms with Crippen LogP contribution in [-0.2, 0) is 9.59 Å². The number of amides is 2. The number of benzene rings is 2. The van der Waals surface area contributed by atoms with Crippen LogP contribution >= 0.6 is 0 Å². The summed E-state index contributed by atoms with van der Waals surface area (Å²) in [5, 5.41) is 8.57. The Morgan fingerprint density at radius 3 is 2.23 bits per heavy atom. The van der Waals surface area contributed by atoms with Crippen molar-refractivity contribution < 1.29 is 19.1 Å². The first-order valence-electron chi connectivity index (χ1n) is 8.21. The quantitative estimate of drug-likeness (QED) is 0.676.